The third-order valence-electron chi connectivity index (χ3n) is 5.36. The number of halogens is 2. The molecule has 2 amide bonds. The predicted molar refractivity (Wildman–Crippen MR) is 146 cm³/mol. The molecule has 0 aliphatic rings. The molecule has 9 heteroatoms. The molecule has 7 nitrogen and oxygen atoms in total. The summed E-state index contributed by atoms with van der Waals surface area (Å²) < 4.78 is 11.3. The van der Waals surface area contributed by atoms with Crippen molar-refractivity contribution in [1.82, 2.24) is 0 Å². The molecule has 3 rings (SSSR count). The smallest absolute Gasteiger partial charge is 0.266 e. The Labute approximate surface area is 225 Å². The Morgan fingerprint density at radius 3 is 2.41 bits per heavy atom. The number of aryl methyl sites for hydroxylation is 1. The second-order valence-electron chi connectivity index (χ2n) is 7.95. The number of nitrogens with one attached hydrogen (secondary N) is 2. The number of benzene rings is 3. The highest BCUT2D eigenvalue weighted by Gasteiger charge is 2.17. The zero-order chi connectivity index (χ0) is 26.9. The molecule has 0 fully saturated rings. The van der Waals surface area contributed by atoms with Gasteiger partial charge in [-0.2, -0.15) is 5.26 Å². The second-order valence-corrected chi connectivity index (χ2v) is 8.77. The average molecular weight is 538 g/mol. The molecule has 0 aliphatic heterocycles. The molecular formula is C28H25Cl2N3O4. The highest BCUT2D eigenvalue weighted by Crippen LogP contribution is 2.37. The van der Waals surface area contributed by atoms with E-state index < -0.39 is 11.8 Å². The predicted octanol–water partition coefficient (Wildman–Crippen LogP) is 6.57. The minimum Gasteiger partial charge on any atom is -0.490 e. The van der Waals surface area contributed by atoms with Crippen molar-refractivity contribution in [3.8, 4) is 17.6 Å². The molecule has 0 spiro atoms. The Balaban J connectivity index is 1.80. The largest absolute Gasteiger partial charge is 0.490 e. The van der Waals surface area contributed by atoms with Gasteiger partial charge in [-0.15, -0.1) is 0 Å². The molecule has 0 aliphatic carbocycles. The summed E-state index contributed by atoms with van der Waals surface area (Å²) in [5, 5.41) is 15.6. The van der Waals surface area contributed by atoms with E-state index in [-0.39, 0.29) is 28.7 Å². The van der Waals surface area contributed by atoms with Crippen LogP contribution in [0.3, 0.4) is 0 Å². The van der Waals surface area contributed by atoms with Gasteiger partial charge < -0.3 is 20.1 Å². The number of carbonyl (C=O) groups is 2. The van der Waals surface area contributed by atoms with Crippen molar-refractivity contribution in [2.45, 2.75) is 20.8 Å². The highest BCUT2D eigenvalue weighted by atomic mass is 35.5. The number of carbonyl (C=O) groups excluding carboxylic acids is 2. The van der Waals surface area contributed by atoms with Gasteiger partial charge in [0, 0.05) is 5.69 Å². The van der Waals surface area contributed by atoms with Crippen LogP contribution in [-0.4, -0.2) is 25.0 Å². The van der Waals surface area contributed by atoms with Crippen LogP contribution < -0.4 is 20.1 Å². The van der Waals surface area contributed by atoms with Gasteiger partial charge >= 0.3 is 0 Å². The Hall–Kier alpha value is -3.99. The van der Waals surface area contributed by atoms with Gasteiger partial charge in [0.05, 0.1) is 22.3 Å². The summed E-state index contributed by atoms with van der Waals surface area (Å²) in [4.78, 5) is 25.2. The minimum absolute atomic E-state index is 0.118. The molecule has 2 N–H and O–H groups in total. The average Bonchev–Trinajstić information content (AvgIpc) is 2.86. The topological polar surface area (TPSA) is 100 Å². The van der Waals surface area contributed by atoms with Gasteiger partial charge in [-0.05, 0) is 73.9 Å². The van der Waals surface area contributed by atoms with Crippen LogP contribution in [0.15, 0.2) is 60.2 Å². The summed E-state index contributed by atoms with van der Waals surface area (Å²) in [5.74, 6) is -0.570. The first-order valence-corrected chi connectivity index (χ1v) is 12.1. The van der Waals surface area contributed by atoms with Crippen molar-refractivity contribution in [2.24, 2.45) is 0 Å². The zero-order valence-electron chi connectivity index (χ0n) is 20.5. The number of para-hydroxylation sites is 1. The summed E-state index contributed by atoms with van der Waals surface area (Å²) in [5.41, 5.74) is 3.34. The first-order valence-electron chi connectivity index (χ1n) is 11.4. The zero-order valence-corrected chi connectivity index (χ0v) is 22.0. The van der Waals surface area contributed by atoms with Crippen molar-refractivity contribution in [3.63, 3.8) is 0 Å². The molecule has 0 saturated heterocycles. The summed E-state index contributed by atoms with van der Waals surface area (Å²) >= 11 is 12.5. The molecule has 190 valence electrons. The maximum Gasteiger partial charge on any atom is 0.266 e. The molecule has 0 atom stereocenters. The van der Waals surface area contributed by atoms with E-state index in [0.717, 1.165) is 11.1 Å². The van der Waals surface area contributed by atoms with Crippen LogP contribution in [0.25, 0.3) is 6.08 Å². The number of rotatable bonds is 9. The highest BCUT2D eigenvalue weighted by molar-refractivity contribution is 6.33. The maximum atomic E-state index is 12.8. The van der Waals surface area contributed by atoms with Crippen molar-refractivity contribution in [3.05, 3.63) is 86.9 Å². The Kier molecular flexibility index (Phi) is 9.56. The normalized spacial score (nSPS) is 10.9. The van der Waals surface area contributed by atoms with Crippen LogP contribution in [0.4, 0.5) is 11.4 Å². The summed E-state index contributed by atoms with van der Waals surface area (Å²) in [6.45, 7) is 5.56. The molecule has 0 radical (unpaired) electrons. The lowest BCUT2D eigenvalue weighted by atomic mass is 10.1. The molecule has 0 bridgehead atoms. The lowest BCUT2D eigenvalue weighted by Gasteiger charge is -2.15. The van der Waals surface area contributed by atoms with E-state index in [1.54, 1.807) is 43.3 Å². The molecular weight excluding hydrogens is 513 g/mol. The third kappa shape index (κ3) is 7.26. The fourth-order valence-corrected chi connectivity index (χ4v) is 3.81. The van der Waals surface area contributed by atoms with Gasteiger partial charge in [0.15, 0.2) is 18.1 Å². The van der Waals surface area contributed by atoms with Crippen LogP contribution in [0, 0.1) is 25.2 Å². The van der Waals surface area contributed by atoms with Crippen molar-refractivity contribution in [2.75, 3.05) is 23.8 Å². The van der Waals surface area contributed by atoms with Gasteiger partial charge in [0.1, 0.15) is 11.6 Å². The van der Waals surface area contributed by atoms with Gasteiger partial charge in [-0.3, -0.25) is 9.59 Å². The van der Waals surface area contributed by atoms with Crippen molar-refractivity contribution >= 4 is 52.5 Å². The van der Waals surface area contributed by atoms with Crippen LogP contribution in [0.5, 0.6) is 11.5 Å². The van der Waals surface area contributed by atoms with Crippen LogP contribution in [0.1, 0.15) is 23.6 Å². The minimum atomic E-state index is -0.554. The Bertz CT molecular complexity index is 1400. The molecule has 3 aromatic carbocycles. The molecule has 37 heavy (non-hydrogen) atoms. The third-order valence-corrected chi connectivity index (χ3v) is 5.97. The van der Waals surface area contributed by atoms with Gasteiger partial charge in [-0.25, -0.2) is 0 Å². The fraction of sp³-hybridized carbons (Fsp3) is 0.179. The standard InChI is InChI=1S/C28H25Cl2N3O4/c1-4-36-25-14-19(12-20(15-31)28(35)33-23-11-7-8-17(2)18(23)3)13-22(30)27(25)37-16-26(34)32-24-10-6-5-9-21(24)29/h5-14H,4,16H2,1-3H3,(H,32,34)(H,33,35)/b20-12-. The number of hydrogen-bond acceptors (Lipinski definition) is 5. The second kappa shape index (κ2) is 12.8. The number of hydrogen-bond donors (Lipinski definition) is 2. The van der Waals surface area contributed by atoms with Gasteiger partial charge in [-0.1, -0.05) is 47.5 Å². The summed E-state index contributed by atoms with van der Waals surface area (Å²) in [6, 6.07) is 17.4. The Morgan fingerprint density at radius 2 is 1.70 bits per heavy atom. The van der Waals surface area contributed by atoms with E-state index in [1.165, 1.54) is 12.1 Å². The fourth-order valence-electron chi connectivity index (χ4n) is 3.35. The molecule has 0 unspecified atom stereocenters. The van der Waals surface area contributed by atoms with E-state index in [1.807, 2.05) is 32.0 Å². The molecule has 3 aromatic rings. The van der Waals surface area contributed by atoms with E-state index in [2.05, 4.69) is 10.6 Å². The van der Waals surface area contributed by atoms with Crippen molar-refractivity contribution in [1.29, 1.82) is 5.26 Å². The summed E-state index contributed by atoms with van der Waals surface area (Å²) in [6.07, 6.45) is 1.41. The number of amides is 2. The molecule has 0 saturated carbocycles. The SMILES string of the molecule is CCOc1cc(/C=C(/C#N)C(=O)Nc2cccc(C)c2C)cc(Cl)c1OCC(=O)Nc1ccccc1Cl. The first kappa shape index (κ1) is 27.6. The monoisotopic (exact) mass is 537 g/mol. The number of nitrogens with zero attached hydrogens (tertiary/aromatic N) is 1. The van der Waals surface area contributed by atoms with Crippen LogP contribution in [0.2, 0.25) is 10.0 Å². The van der Waals surface area contributed by atoms with Gasteiger partial charge in [0.2, 0.25) is 0 Å². The molecule has 0 heterocycles. The summed E-state index contributed by atoms with van der Waals surface area (Å²) in [7, 11) is 0. The quantitative estimate of drug-likeness (QED) is 0.237. The Morgan fingerprint density at radius 1 is 0.973 bits per heavy atom. The van der Waals surface area contributed by atoms with E-state index in [9.17, 15) is 14.9 Å². The van der Waals surface area contributed by atoms with Crippen LogP contribution >= 0.6 is 23.2 Å². The van der Waals surface area contributed by atoms with Gasteiger partial charge in [0.25, 0.3) is 11.8 Å². The molecule has 0 aromatic heterocycles. The lowest BCUT2D eigenvalue weighted by Crippen LogP contribution is -2.20. The number of nitriles is 1. The number of anilines is 2. The number of ether oxygens (including phenoxy) is 2. The van der Waals surface area contributed by atoms with E-state index >= 15 is 0 Å². The maximum absolute atomic E-state index is 12.8. The van der Waals surface area contributed by atoms with Crippen molar-refractivity contribution < 1.29 is 19.1 Å². The van der Waals surface area contributed by atoms with Crippen LogP contribution in [-0.2, 0) is 9.59 Å². The first-order chi connectivity index (χ1) is 17.7. The lowest BCUT2D eigenvalue weighted by molar-refractivity contribution is -0.118. The van der Waals surface area contributed by atoms with E-state index in [0.29, 0.717) is 28.6 Å². The van der Waals surface area contributed by atoms with E-state index in [4.69, 9.17) is 32.7 Å².